The Hall–Kier alpha value is -1.22. The fraction of sp³-hybridized carbons (Fsp3) is 0.889. The maximum Gasteiger partial charge on any atom is 0.195 e. The summed E-state index contributed by atoms with van der Waals surface area (Å²) >= 11 is 0. The maximum absolute atomic E-state index is 12.0. The normalized spacial score (nSPS) is 32.1. The van der Waals surface area contributed by atoms with Crippen LogP contribution in [0.2, 0.25) is 0 Å². The van der Waals surface area contributed by atoms with Gasteiger partial charge in [0.15, 0.2) is 12.1 Å². The predicted octanol–water partition coefficient (Wildman–Crippen LogP) is -8.52. The van der Waals surface area contributed by atoms with E-state index in [1.165, 1.54) is 6.92 Å². The summed E-state index contributed by atoms with van der Waals surface area (Å²) in [5.41, 5.74) is 0. The zero-order chi connectivity index (χ0) is 26.9. The maximum atomic E-state index is 12.0. The third-order valence-electron chi connectivity index (χ3n) is 5.10. The smallest absolute Gasteiger partial charge is 0.195 e. The summed E-state index contributed by atoms with van der Waals surface area (Å²) in [5.74, 6) is -1.25. The average molecular weight is 506 g/mol. The van der Waals surface area contributed by atoms with Crippen molar-refractivity contribution in [3.63, 3.8) is 0 Å². The minimum Gasteiger partial charge on any atom is -0.394 e. The first-order chi connectivity index (χ1) is 15.7. The lowest BCUT2D eigenvalue weighted by Gasteiger charge is -2.39. The zero-order valence-corrected chi connectivity index (χ0v) is 18.0. The quantitative estimate of drug-likeness (QED) is 0.116. The second-order valence-electron chi connectivity index (χ2n) is 7.67. The summed E-state index contributed by atoms with van der Waals surface area (Å²) in [6.07, 6.45) is -22.8. The number of hydrogen-bond acceptors (Lipinski definition) is 16. The Labute approximate surface area is 193 Å². The minimum absolute atomic E-state index is 0.0258. The molecule has 16 nitrogen and oxygen atoms in total. The number of aldehydes is 1. The number of carbonyl (C=O) groups is 2. The van der Waals surface area contributed by atoms with Gasteiger partial charge in [0.1, 0.15) is 73.2 Å². The summed E-state index contributed by atoms with van der Waals surface area (Å²) in [7, 11) is 0. The van der Waals surface area contributed by atoms with Crippen LogP contribution in [0, 0.1) is 0 Å². The number of aliphatic hydroxyl groups excluding tert-OH is 13. The van der Waals surface area contributed by atoms with Crippen molar-refractivity contribution in [3.8, 4) is 0 Å². The highest BCUT2D eigenvalue weighted by Gasteiger charge is 2.48. The molecule has 0 aromatic rings. The van der Waals surface area contributed by atoms with Crippen molar-refractivity contribution in [1.82, 2.24) is 0 Å². The van der Waals surface area contributed by atoms with E-state index in [0.29, 0.717) is 0 Å². The fourth-order valence-corrected chi connectivity index (χ4v) is 2.76. The first-order valence-electron chi connectivity index (χ1n) is 10.0. The van der Waals surface area contributed by atoms with Crippen LogP contribution in [-0.2, 0) is 14.3 Å². The van der Waals surface area contributed by atoms with Crippen molar-refractivity contribution >= 4 is 12.1 Å². The van der Waals surface area contributed by atoms with E-state index in [1.54, 1.807) is 0 Å². The molecule has 1 aliphatic heterocycles. The van der Waals surface area contributed by atoms with Crippen LogP contribution < -0.4 is 0 Å². The Morgan fingerprint density at radius 1 is 0.765 bits per heavy atom. The Morgan fingerprint density at radius 3 is 1.62 bits per heavy atom. The van der Waals surface area contributed by atoms with Crippen LogP contribution in [0.15, 0.2) is 0 Å². The summed E-state index contributed by atoms with van der Waals surface area (Å²) in [5, 5.41) is 119. The molecule has 0 bridgehead atoms. The van der Waals surface area contributed by atoms with Gasteiger partial charge in [-0.3, -0.25) is 4.79 Å². The number of ketones is 1. The summed E-state index contributed by atoms with van der Waals surface area (Å²) in [4.78, 5) is 21.9. The highest BCUT2D eigenvalue weighted by Crippen LogP contribution is 2.23. The van der Waals surface area contributed by atoms with Crippen molar-refractivity contribution in [2.45, 2.75) is 86.3 Å². The molecule has 0 saturated carbocycles. The summed E-state index contributed by atoms with van der Waals surface area (Å²) in [6.45, 7) is -0.347. The van der Waals surface area contributed by atoms with E-state index in [4.69, 9.17) is 35.4 Å². The van der Waals surface area contributed by atoms with Crippen molar-refractivity contribution < 1.29 is 80.7 Å². The van der Waals surface area contributed by atoms with E-state index in [2.05, 4.69) is 0 Å². The Kier molecular flexibility index (Phi) is 14.5. The van der Waals surface area contributed by atoms with Gasteiger partial charge < -0.3 is 75.9 Å². The van der Waals surface area contributed by atoms with Gasteiger partial charge in [-0.25, -0.2) is 0 Å². The fourth-order valence-electron chi connectivity index (χ4n) is 2.76. The average Bonchev–Trinajstić information content (AvgIpc) is 2.85. The standard InChI is InChI=1S/C12H22O10.C6H12O6/c1-3-5(15)7(17)10(20)12(22-3)11(21)9(19)8(18)6(16)4(14)2-13;7-1-3(9)5(11)6(12)4(10)2-8/h3-10,12-20H,2H2,1H3;1,3-6,8-12H,2H2/t3-,4?,5-,6?,7+,8?,9?,10+,12?;/m0./s1. The van der Waals surface area contributed by atoms with E-state index in [9.17, 15) is 45.3 Å². The van der Waals surface area contributed by atoms with Gasteiger partial charge >= 0.3 is 0 Å². The van der Waals surface area contributed by atoms with Gasteiger partial charge in [-0.1, -0.05) is 0 Å². The van der Waals surface area contributed by atoms with E-state index in [0.717, 1.165) is 0 Å². The van der Waals surface area contributed by atoms with E-state index in [-0.39, 0.29) is 6.29 Å². The van der Waals surface area contributed by atoms with Crippen molar-refractivity contribution in [2.24, 2.45) is 0 Å². The number of hydrogen-bond donors (Lipinski definition) is 13. The number of rotatable bonds is 11. The SMILES string of the molecule is C[C@@H]1OC(C(=O)C(O)C(O)C(O)C(O)CO)[C@H](O)[C@H](O)[C@H]1O.O=CC(O)C(O)C(O)C(O)CO. The Bertz CT molecular complexity index is 607. The van der Waals surface area contributed by atoms with Gasteiger partial charge in [0, 0.05) is 0 Å². The van der Waals surface area contributed by atoms with E-state index in [1.807, 2.05) is 0 Å². The lowest BCUT2D eigenvalue weighted by Crippen LogP contribution is -2.62. The van der Waals surface area contributed by atoms with Crippen LogP contribution in [-0.4, -0.2) is 171 Å². The molecule has 1 aliphatic rings. The van der Waals surface area contributed by atoms with Crippen LogP contribution in [0.4, 0.5) is 0 Å². The highest BCUT2D eigenvalue weighted by atomic mass is 16.5. The van der Waals surface area contributed by atoms with Crippen LogP contribution in [0.1, 0.15) is 6.92 Å². The number of ether oxygens (including phenoxy) is 1. The molecule has 0 aromatic carbocycles. The predicted molar refractivity (Wildman–Crippen MR) is 106 cm³/mol. The molecule has 0 aromatic heterocycles. The van der Waals surface area contributed by atoms with Gasteiger partial charge in [-0.15, -0.1) is 0 Å². The molecule has 13 N–H and O–H groups in total. The Morgan fingerprint density at radius 2 is 1.21 bits per heavy atom. The first-order valence-corrected chi connectivity index (χ1v) is 10.0. The molecule has 0 radical (unpaired) electrons. The van der Waals surface area contributed by atoms with Crippen LogP contribution in [0.25, 0.3) is 0 Å². The minimum atomic E-state index is -2.24. The molecule has 0 amide bonds. The van der Waals surface area contributed by atoms with Crippen LogP contribution in [0.5, 0.6) is 0 Å². The van der Waals surface area contributed by atoms with E-state index < -0.39 is 98.3 Å². The van der Waals surface area contributed by atoms with Crippen molar-refractivity contribution in [1.29, 1.82) is 0 Å². The molecule has 0 aliphatic carbocycles. The molecule has 34 heavy (non-hydrogen) atoms. The molecule has 16 heteroatoms. The second-order valence-corrected chi connectivity index (χ2v) is 7.67. The molecule has 1 saturated heterocycles. The van der Waals surface area contributed by atoms with Gasteiger partial charge in [-0.2, -0.15) is 0 Å². The summed E-state index contributed by atoms with van der Waals surface area (Å²) < 4.78 is 5.01. The molecule has 1 rings (SSSR count). The number of aliphatic hydroxyl groups is 13. The van der Waals surface area contributed by atoms with E-state index >= 15 is 0 Å². The Balaban J connectivity index is 0.000000770. The number of Topliss-reactive ketones (excluding diaryl/α,β-unsaturated/α-hetero) is 1. The lowest BCUT2D eigenvalue weighted by molar-refractivity contribution is -0.221. The van der Waals surface area contributed by atoms with Gasteiger partial charge in [0.05, 0.1) is 19.3 Å². The third-order valence-corrected chi connectivity index (χ3v) is 5.10. The van der Waals surface area contributed by atoms with Crippen molar-refractivity contribution in [3.05, 3.63) is 0 Å². The molecule has 13 atom stereocenters. The molecule has 9 unspecified atom stereocenters. The molecular weight excluding hydrogens is 472 g/mol. The first kappa shape index (κ1) is 32.8. The highest BCUT2D eigenvalue weighted by molar-refractivity contribution is 5.88. The second kappa shape index (κ2) is 15.0. The molecule has 202 valence electrons. The molecular formula is C18H34O16. The van der Waals surface area contributed by atoms with Gasteiger partial charge in [-0.05, 0) is 6.92 Å². The lowest BCUT2D eigenvalue weighted by atomic mass is 9.89. The molecule has 1 fully saturated rings. The largest absolute Gasteiger partial charge is 0.394 e. The summed E-state index contributed by atoms with van der Waals surface area (Å²) in [6, 6.07) is 0. The van der Waals surface area contributed by atoms with Crippen molar-refractivity contribution in [2.75, 3.05) is 13.2 Å². The van der Waals surface area contributed by atoms with Crippen LogP contribution in [0.3, 0.4) is 0 Å². The zero-order valence-electron chi connectivity index (χ0n) is 18.0. The van der Waals surface area contributed by atoms with Gasteiger partial charge in [0.2, 0.25) is 0 Å². The van der Waals surface area contributed by atoms with Crippen LogP contribution >= 0.6 is 0 Å². The third kappa shape index (κ3) is 8.47. The van der Waals surface area contributed by atoms with Gasteiger partial charge in [0.25, 0.3) is 0 Å². The number of carbonyl (C=O) groups excluding carboxylic acids is 2. The molecule has 0 spiro atoms. The topological polar surface area (TPSA) is 306 Å². The monoisotopic (exact) mass is 506 g/mol. The molecule has 1 heterocycles.